The zero-order valence-corrected chi connectivity index (χ0v) is 6.29. The normalized spacial score (nSPS) is 8.20. The molecular weight excluding hydrogens is 149 g/mol. The van der Waals surface area contributed by atoms with Gasteiger partial charge in [0.05, 0.1) is 0 Å². The molecule has 0 atom stereocenters. The van der Waals surface area contributed by atoms with E-state index in [2.05, 4.69) is 5.73 Å². The Kier molecular flexibility index (Phi) is 5.88. The summed E-state index contributed by atoms with van der Waals surface area (Å²) in [6.07, 6.45) is 0. The number of rotatable bonds is 0. The Morgan fingerprint density at radius 3 is 1.90 bits per heavy atom. The van der Waals surface area contributed by atoms with E-state index in [1.54, 1.807) is 0 Å². The van der Waals surface area contributed by atoms with Gasteiger partial charge in [-0.25, -0.2) is 4.57 Å². The smallest absolute Gasteiger partial charge is 0.324 e. The van der Waals surface area contributed by atoms with Crippen LogP contribution in [0.1, 0.15) is 0 Å². The minimum atomic E-state index is -0.833. The predicted molar refractivity (Wildman–Crippen MR) is 38.8 cm³/mol. The zero-order valence-electron chi connectivity index (χ0n) is 5.40. The van der Waals surface area contributed by atoms with Crippen LogP contribution < -0.4 is 5.73 Å². The van der Waals surface area contributed by atoms with Crippen molar-refractivity contribution in [1.82, 2.24) is 0 Å². The van der Waals surface area contributed by atoms with Crippen molar-refractivity contribution in [2.24, 2.45) is 0 Å². The van der Waals surface area contributed by atoms with Gasteiger partial charge in [-0.3, -0.25) is 0 Å². The topological polar surface area (TPSA) is 64.9 Å². The summed E-state index contributed by atoms with van der Waals surface area (Å²) in [7, 11) is -0.833. The Hall–Kier alpha value is -0.760. The second kappa shape index (κ2) is 6.36. The highest BCUT2D eigenvalue weighted by Crippen LogP contribution is 1.93. The molecule has 0 unspecified atom stereocenters. The molecule has 0 aliphatic carbocycles. The maximum Gasteiger partial charge on any atom is 0.324 e. The van der Waals surface area contributed by atoms with Crippen LogP contribution >= 0.6 is 8.69 Å². The van der Waals surface area contributed by atoms with Crippen molar-refractivity contribution in [3.05, 3.63) is 30.3 Å². The van der Waals surface area contributed by atoms with Crippen LogP contribution in [0.2, 0.25) is 0 Å². The van der Waals surface area contributed by atoms with Crippen molar-refractivity contribution in [2.75, 3.05) is 0 Å². The summed E-state index contributed by atoms with van der Waals surface area (Å²) in [4.78, 5) is 6.99. The fraction of sp³-hybridized carbons (Fsp3) is 0. The van der Waals surface area contributed by atoms with Gasteiger partial charge in [-0.1, -0.05) is 18.2 Å². The van der Waals surface area contributed by atoms with Gasteiger partial charge in [0.1, 0.15) is 5.69 Å². The van der Waals surface area contributed by atoms with Gasteiger partial charge in [0.2, 0.25) is 0 Å². The number of hydrogen-bond donors (Lipinski definition) is 2. The van der Waals surface area contributed by atoms with E-state index in [0.717, 1.165) is 5.69 Å². The Morgan fingerprint density at radius 2 is 1.70 bits per heavy atom. The monoisotopic (exact) mass is 158 g/mol. The molecule has 0 saturated carbocycles. The Morgan fingerprint density at radius 1 is 1.30 bits per heavy atom. The summed E-state index contributed by atoms with van der Waals surface area (Å²) in [5, 5.41) is 0. The number of hydrogen-bond acceptors (Lipinski definition) is 1. The van der Waals surface area contributed by atoms with Gasteiger partial charge in [-0.2, -0.15) is 0 Å². The average Bonchev–Trinajstić information content (AvgIpc) is 1.91. The lowest BCUT2D eigenvalue weighted by Gasteiger charge is -1.78. The predicted octanol–water partition coefficient (Wildman–Crippen LogP) is 0.745. The average molecular weight is 158 g/mol. The lowest BCUT2D eigenvalue weighted by Crippen LogP contribution is -2.39. The fourth-order valence-electron chi connectivity index (χ4n) is 0.478. The Bertz CT molecular complexity index is 178. The SMILES string of the molecule is O=PO.[NH3+]c1ccccc1. The molecule has 1 aromatic carbocycles. The molecule has 0 saturated heterocycles. The van der Waals surface area contributed by atoms with Crippen LogP contribution in [-0.4, -0.2) is 4.89 Å². The van der Waals surface area contributed by atoms with Crippen LogP contribution in [0.15, 0.2) is 30.3 Å². The minimum Gasteiger partial charge on any atom is -0.325 e. The van der Waals surface area contributed by atoms with E-state index >= 15 is 0 Å². The summed E-state index contributed by atoms with van der Waals surface area (Å²) in [5.41, 5.74) is 4.79. The molecule has 10 heavy (non-hydrogen) atoms. The summed E-state index contributed by atoms with van der Waals surface area (Å²) in [6.45, 7) is 0. The highest BCUT2D eigenvalue weighted by molar-refractivity contribution is 7.16. The van der Waals surface area contributed by atoms with Gasteiger partial charge in [0, 0.05) is 0 Å². The molecule has 54 valence electrons. The first-order valence-corrected chi connectivity index (χ1v) is 3.41. The minimum absolute atomic E-state index is 0.833. The molecular formula is C6H9NO2P+. The zero-order chi connectivity index (χ0) is 7.82. The van der Waals surface area contributed by atoms with Crippen molar-refractivity contribution in [3.8, 4) is 0 Å². The van der Waals surface area contributed by atoms with Gasteiger partial charge < -0.3 is 10.6 Å². The van der Waals surface area contributed by atoms with Crippen LogP contribution in [0.4, 0.5) is 5.69 Å². The number of benzene rings is 1. The van der Waals surface area contributed by atoms with Crippen LogP contribution in [0, 0.1) is 0 Å². The number of quaternary nitrogens is 1. The molecule has 0 aromatic heterocycles. The first-order chi connectivity index (χ1) is 4.81. The highest BCUT2D eigenvalue weighted by atomic mass is 31.1. The second-order valence-corrected chi connectivity index (χ2v) is 1.73. The molecule has 0 aliphatic heterocycles. The van der Waals surface area contributed by atoms with Crippen LogP contribution in [0.5, 0.6) is 0 Å². The maximum atomic E-state index is 8.46. The quantitative estimate of drug-likeness (QED) is 0.547. The van der Waals surface area contributed by atoms with Crippen molar-refractivity contribution in [1.29, 1.82) is 0 Å². The van der Waals surface area contributed by atoms with Gasteiger partial charge in [-0.05, 0) is 12.1 Å². The van der Waals surface area contributed by atoms with E-state index in [4.69, 9.17) is 9.46 Å². The van der Waals surface area contributed by atoms with Crippen molar-refractivity contribution < 1.29 is 15.2 Å². The first kappa shape index (κ1) is 9.24. The lowest BCUT2D eigenvalue weighted by molar-refractivity contribution is -0.254. The summed E-state index contributed by atoms with van der Waals surface area (Å²) < 4.78 is 8.46. The van der Waals surface area contributed by atoms with Gasteiger partial charge >= 0.3 is 8.69 Å². The van der Waals surface area contributed by atoms with E-state index in [-0.39, 0.29) is 0 Å². The van der Waals surface area contributed by atoms with Crippen molar-refractivity contribution in [2.45, 2.75) is 0 Å². The van der Waals surface area contributed by atoms with Crippen molar-refractivity contribution in [3.63, 3.8) is 0 Å². The third-order valence-corrected chi connectivity index (χ3v) is 0.843. The van der Waals surface area contributed by atoms with E-state index in [1.165, 1.54) is 0 Å². The van der Waals surface area contributed by atoms with Gasteiger partial charge in [0.25, 0.3) is 0 Å². The third-order valence-electron chi connectivity index (χ3n) is 0.843. The van der Waals surface area contributed by atoms with E-state index in [0.29, 0.717) is 0 Å². The fourth-order valence-corrected chi connectivity index (χ4v) is 0.478. The lowest BCUT2D eigenvalue weighted by atomic mass is 10.3. The standard InChI is InChI=1S/C6H7N.HO2P/c7-6-4-2-1-3-5-6;1-3-2/h1-5H,7H2;(H,1,2)/p+1. The largest absolute Gasteiger partial charge is 0.325 e. The molecule has 0 amide bonds. The molecule has 0 spiro atoms. The van der Waals surface area contributed by atoms with E-state index in [1.807, 2.05) is 30.3 Å². The molecule has 3 nitrogen and oxygen atoms in total. The van der Waals surface area contributed by atoms with Gasteiger partial charge in [-0.15, -0.1) is 0 Å². The first-order valence-electron chi connectivity index (χ1n) is 2.65. The Labute approximate surface area is 60.8 Å². The molecule has 4 N–H and O–H groups in total. The van der Waals surface area contributed by atoms with Crippen molar-refractivity contribution >= 4 is 14.4 Å². The Balaban J connectivity index is 0.000000236. The van der Waals surface area contributed by atoms with Gasteiger partial charge in [0.15, 0.2) is 0 Å². The maximum absolute atomic E-state index is 8.46. The molecule has 0 aliphatic rings. The molecule has 0 radical (unpaired) electrons. The molecule has 0 heterocycles. The van der Waals surface area contributed by atoms with Crippen LogP contribution in [-0.2, 0) is 4.57 Å². The second-order valence-electron chi connectivity index (χ2n) is 1.57. The van der Waals surface area contributed by atoms with Crippen LogP contribution in [0.25, 0.3) is 0 Å². The van der Waals surface area contributed by atoms with E-state index < -0.39 is 8.69 Å². The molecule has 0 fully saturated rings. The summed E-state index contributed by atoms with van der Waals surface area (Å²) in [5.74, 6) is 0. The molecule has 1 aromatic rings. The summed E-state index contributed by atoms with van der Waals surface area (Å²) >= 11 is 0. The molecule has 4 heteroatoms. The molecule has 0 bridgehead atoms. The van der Waals surface area contributed by atoms with E-state index in [9.17, 15) is 0 Å². The molecule has 1 rings (SSSR count). The highest BCUT2D eigenvalue weighted by Gasteiger charge is 1.77. The summed E-state index contributed by atoms with van der Waals surface area (Å²) in [6, 6.07) is 9.87. The third kappa shape index (κ3) is 5.38. The van der Waals surface area contributed by atoms with Crippen LogP contribution in [0.3, 0.4) is 0 Å².